The van der Waals surface area contributed by atoms with Gasteiger partial charge in [0.15, 0.2) is 6.29 Å². The lowest BCUT2D eigenvalue weighted by Gasteiger charge is -2.23. The topological polar surface area (TPSA) is 82.8 Å². The third-order valence-electron chi connectivity index (χ3n) is 2.91. The van der Waals surface area contributed by atoms with Gasteiger partial charge in [-0.15, -0.1) is 0 Å². The minimum Gasteiger partial charge on any atom is -0.364 e. The van der Waals surface area contributed by atoms with Crippen molar-refractivity contribution in [3.63, 3.8) is 0 Å². The lowest BCUT2D eigenvalue weighted by molar-refractivity contribution is -0.143. The minimum atomic E-state index is -0.453. The van der Waals surface area contributed by atoms with Crippen LogP contribution in [0.25, 0.3) is 0 Å². The quantitative estimate of drug-likeness (QED) is 0.624. The molecular formula is C11H22N2O4. The highest BCUT2D eigenvalue weighted by atomic mass is 16.7. The maximum atomic E-state index is 11.9. The zero-order valence-corrected chi connectivity index (χ0v) is 10.6. The highest BCUT2D eigenvalue weighted by Gasteiger charge is 2.31. The van der Waals surface area contributed by atoms with Crippen molar-refractivity contribution in [2.24, 2.45) is 5.73 Å². The summed E-state index contributed by atoms with van der Waals surface area (Å²) in [7, 11) is 3.07. The molecule has 1 aliphatic rings. The summed E-state index contributed by atoms with van der Waals surface area (Å²) in [6.07, 6.45) is 0.694. The highest BCUT2D eigenvalue weighted by Crippen LogP contribution is 2.19. The molecule has 1 amide bonds. The fraction of sp³-hybridized carbons (Fsp3) is 0.909. The Morgan fingerprint density at radius 1 is 1.47 bits per heavy atom. The van der Waals surface area contributed by atoms with Gasteiger partial charge in [0, 0.05) is 20.8 Å². The van der Waals surface area contributed by atoms with Crippen molar-refractivity contribution in [3.05, 3.63) is 0 Å². The molecule has 1 heterocycles. The fourth-order valence-corrected chi connectivity index (χ4v) is 1.96. The summed E-state index contributed by atoms with van der Waals surface area (Å²) in [6.45, 7) is 2.28. The average Bonchev–Trinajstić information content (AvgIpc) is 2.79. The summed E-state index contributed by atoms with van der Waals surface area (Å²) in [5.41, 5.74) is 5.49. The Morgan fingerprint density at radius 3 is 2.59 bits per heavy atom. The molecule has 6 heteroatoms. The molecule has 1 rings (SSSR count). The maximum Gasteiger partial charge on any atom is 0.249 e. The van der Waals surface area contributed by atoms with Crippen LogP contribution >= 0.6 is 0 Å². The van der Waals surface area contributed by atoms with Gasteiger partial charge in [-0.3, -0.25) is 4.79 Å². The van der Waals surface area contributed by atoms with Crippen molar-refractivity contribution in [2.45, 2.75) is 44.3 Å². The van der Waals surface area contributed by atoms with Crippen LogP contribution in [0.5, 0.6) is 0 Å². The first kappa shape index (κ1) is 14.4. The van der Waals surface area contributed by atoms with E-state index in [4.69, 9.17) is 19.9 Å². The summed E-state index contributed by atoms with van der Waals surface area (Å²) in [4.78, 5) is 11.9. The van der Waals surface area contributed by atoms with Crippen LogP contribution in [-0.2, 0) is 19.0 Å². The fourth-order valence-electron chi connectivity index (χ4n) is 1.96. The second-order valence-electron chi connectivity index (χ2n) is 4.20. The van der Waals surface area contributed by atoms with Crippen molar-refractivity contribution in [2.75, 3.05) is 20.8 Å². The molecule has 17 heavy (non-hydrogen) atoms. The Morgan fingerprint density at radius 2 is 2.12 bits per heavy atom. The van der Waals surface area contributed by atoms with Crippen molar-refractivity contribution < 1.29 is 19.0 Å². The number of nitrogens with one attached hydrogen (secondary N) is 1. The lowest BCUT2D eigenvalue weighted by Crippen LogP contribution is -2.47. The van der Waals surface area contributed by atoms with Crippen LogP contribution in [0.3, 0.4) is 0 Å². The van der Waals surface area contributed by atoms with Crippen molar-refractivity contribution in [1.29, 1.82) is 0 Å². The molecule has 1 fully saturated rings. The van der Waals surface area contributed by atoms with E-state index in [1.54, 1.807) is 0 Å². The molecule has 0 bridgehead atoms. The van der Waals surface area contributed by atoms with Crippen LogP contribution in [0.2, 0.25) is 0 Å². The molecule has 3 atom stereocenters. The SMILES string of the molecule is COC(OC)C(C)NC(=O)C1CCC(CN)O1. The standard InChI is InChI=1S/C11H22N2O4/c1-7(11(15-2)16-3)13-10(14)9-5-4-8(6-12)17-9/h7-9,11H,4-6,12H2,1-3H3,(H,13,14). The molecular weight excluding hydrogens is 224 g/mol. The normalized spacial score (nSPS) is 26.2. The number of rotatable bonds is 6. The van der Waals surface area contributed by atoms with E-state index < -0.39 is 12.4 Å². The maximum absolute atomic E-state index is 11.9. The monoisotopic (exact) mass is 246 g/mol. The number of carbonyl (C=O) groups excluding carboxylic acids is 1. The molecule has 1 aliphatic heterocycles. The van der Waals surface area contributed by atoms with Gasteiger partial charge in [-0.1, -0.05) is 0 Å². The van der Waals surface area contributed by atoms with Crippen LogP contribution < -0.4 is 11.1 Å². The van der Waals surface area contributed by atoms with E-state index in [0.717, 1.165) is 6.42 Å². The Bertz CT molecular complexity index is 246. The number of hydrogen-bond acceptors (Lipinski definition) is 5. The Balaban J connectivity index is 2.39. The van der Waals surface area contributed by atoms with Gasteiger partial charge in [0.2, 0.25) is 5.91 Å². The van der Waals surface area contributed by atoms with E-state index in [0.29, 0.717) is 13.0 Å². The Labute approximate surface area is 102 Å². The summed E-state index contributed by atoms with van der Waals surface area (Å²) in [6, 6.07) is -0.224. The summed E-state index contributed by atoms with van der Waals surface area (Å²) in [5, 5.41) is 2.81. The Hall–Kier alpha value is -0.690. The number of amides is 1. The summed E-state index contributed by atoms with van der Waals surface area (Å²) < 4.78 is 15.6. The first-order chi connectivity index (χ1) is 8.12. The van der Waals surface area contributed by atoms with Gasteiger partial charge >= 0.3 is 0 Å². The van der Waals surface area contributed by atoms with Gasteiger partial charge in [0.05, 0.1) is 12.1 Å². The van der Waals surface area contributed by atoms with Crippen LogP contribution in [0.15, 0.2) is 0 Å². The largest absolute Gasteiger partial charge is 0.364 e. The molecule has 0 saturated carbocycles. The average molecular weight is 246 g/mol. The molecule has 0 spiro atoms. The minimum absolute atomic E-state index is 0.00158. The Kier molecular flexibility index (Phi) is 5.84. The van der Waals surface area contributed by atoms with E-state index in [-0.39, 0.29) is 18.1 Å². The van der Waals surface area contributed by atoms with Gasteiger partial charge in [0.1, 0.15) is 6.10 Å². The molecule has 3 N–H and O–H groups in total. The molecule has 0 radical (unpaired) electrons. The summed E-state index contributed by atoms with van der Waals surface area (Å²) >= 11 is 0. The predicted octanol–water partition coefficient (Wildman–Crippen LogP) is -0.384. The van der Waals surface area contributed by atoms with Gasteiger partial charge < -0.3 is 25.3 Å². The molecule has 1 saturated heterocycles. The van der Waals surface area contributed by atoms with Crippen molar-refractivity contribution in [3.8, 4) is 0 Å². The number of nitrogens with two attached hydrogens (primary N) is 1. The molecule has 0 aromatic carbocycles. The summed E-state index contributed by atoms with van der Waals surface area (Å²) in [5.74, 6) is -0.132. The smallest absolute Gasteiger partial charge is 0.249 e. The van der Waals surface area contributed by atoms with E-state index in [2.05, 4.69) is 5.32 Å². The van der Waals surface area contributed by atoms with Crippen molar-refractivity contribution in [1.82, 2.24) is 5.32 Å². The molecule has 100 valence electrons. The molecule has 6 nitrogen and oxygen atoms in total. The van der Waals surface area contributed by atoms with Crippen molar-refractivity contribution >= 4 is 5.91 Å². The molecule has 3 unspecified atom stereocenters. The lowest BCUT2D eigenvalue weighted by atomic mass is 10.2. The number of hydrogen-bond donors (Lipinski definition) is 2. The van der Waals surface area contributed by atoms with Gasteiger partial charge in [-0.2, -0.15) is 0 Å². The van der Waals surface area contributed by atoms with Crippen LogP contribution in [0.1, 0.15) is 19.8 Å². The number of methoxy groups -OCH3 is 2. The number of ether oxygens (including phenoxy) is 3. The van der Waals surface area contributed by atoms with E-state index >= 15 is 0 Å². The predicted molar refractivity (Wildman–Crippen MR) is 62.4 cm³/mol. The van der Waals surface area contributed by atoms with E-state index in [1.807, 2.05) is 6.92 Å². The molecule has 0 aromatic heterocycles. The number of carbonyl (C=O) groups is 1. The third-order valence-corrected chi connectivity index (χ3v) is 2.91. The highest BCUT2D eigenvalue weighted by molar-refractivity contribution is 5.81. The second kappa shape index (κ2) is 6.90. The van der Waals surface area contributed by atoms with E-state index in [9.17, 15) is 4.79 Å². The zero-order chi connectivity index (χ0) is 12.8. The van der Waals surface area contributed by atoms with E-state index in [1.165, 1.54) is 14.2 Å². The van der Waals surface area contributed by atoms with Crippen LogP contribution in [0, 0.1) is 0 Å². The second-order valence-corrected chi connectivity index (χ2v) is 4.20. The van der Waals surface area contributed by atoms with Crippen LogP contribution in [-0.4, -0.2) is 51.2 Å². The van der Waals surface area contributed by atoms with Gasteiger partial charge in [-0.25, -0.2) is 0 Å². The van der Waals surface area contributed by atoms with Gasteiger partial charge in [0.25, 0.3) is 0 Å². The first-order valence-electron chi connectivity index (χ1n) is 5.83. The molecule has 0 aliphatic carbocycles. The van der Waals surface area contributed by atoms with Gasteiger partial charge in [-0.05, 0) is 19.8 Å². The molecule has 0 aromatic rings. The first-order valence-corrected chi connectivity index (χ1v) is 5.83. The zero-order valence-electron chi connectivity index (χ0n) is 10.6. The third kappa shape index (κ3) is 3.92. The van der Waals surface area contributed by atoms with Crippen LogP contribution in [0.4, 0.5) is 0 Å².